The number of methoxy groups -OCH3 is 2. The summed E-state index contributed by atoms with van der Waals surface area (Å²) in [4.78, 5) is 25.9. The molecule has 1 aliphatic rings. The van der Waals surface area contributed by atoms with Crippen LogP contribution in [-0.4, -0.2) is 44.4 Å². The molecule has 0 spiro atoms. The summed E-state index contributed by atoms with van der Waals surface area (Å²) >= 11 is 0. The number of fused-ring (bicyclic) bond motifs is 1. The van der Waals surface area contributed by atoms with Crippen molar-refractivity contribution in [2.24, 2.45) is 0 Å². The van der Waals surface area contributed by atoms with Crippen molar-refractivity contribution in [1.82, 2.24) is 24.8 Å². The fraction of sp³-hybridized carbons (Fsp3) is 0.391. The number of ether oxygens (including phenoxy) is 2. The van der Waals surface area contributed by atoms with Crippen molar-refractivity contribution in [3.05, 3.63) is 64.6 Å². The van der Waals surface area contributed by atoms with E-state index in [9.17, 15) is 9.90 Å². The van der Waals surface area contributed by atoms with Crippen LogP contribution in [0.15, 0.2) is 47.7 Å². The first-order valence-electron chi connectivity index (χ1n) is 10.4. The molecule has 2 unspecified atom stereocenters. The predicted octanol–water partition coefficient (Wildman–Crippen LogP) is 2.26. The molecule has 0 amide bonds. The third-order valence-electron chi connectivity index (χ3n) is 6.01. The highest BCUT2D eigenvalue weighted by molar-refractivity contribution is 5.52. The molecule has 1 aliphatic heterocycles. The van der Waals surface area contributed by atoms with E-state index in [1.165, 1.54) is 12.4 Å². The topological polar surface area (TPSA) is 111 Å². The maximum atomic E-state index is 12.9. The Morgan fingerprint density at radius 1 is 1.22 bits per heavy atom. The molecule has 4 rings (SSSR count). The molecule has 9 nitrogen and oxygen atoms in total. The van der Waals surface area contributed by atoms with Crippen LogP contribution in [-0.2, 0) is 6.67 Å². The van der Waals surface area contributed by atoms with Gasteiger partial charge in [-0.2, -0.15) is 0 Å². The lowest BCUT2D eigenvalue weighted by Gasteiger charge is -2.41. The smallest absolute Gasteiger partial charge is 0.255 e. The molecule has 3 aromatic rings. The molecule has 3 heterocycles. The summed E-state index contributed by atoms with van der Waals surface area (Å²) in [5.74, 6) is 1.54. The largest absolute Gasteiger partial charge is 0.497 e. The number of aliphatic hydroxyl groups excluding tert-OH is 1. The highest BCUT2D eigenvalue weighted by Gasteiger charge is 2.39. The quantitative estimate of drug-likeness (QED) is 0.604. The molecule has 0 saturated heterocycles. The van der Waals surface area contributed by atoms with E-state index in [4.69, 9.17) is 14.5 Å². The van der Waals surface area contributed by atoms with Gasteiger partial charge in [-0.05, 0) is 44.5 Å². The van der Waals surface area contributed by atoms with E-state index in [2.05, 4.69) is 15.3 Å². The molecular formula is C23H27N5O4. The average molecular weight is 438 g/mol. The number of nitrogens with one attached hydrogen (secondary N) is 1. The average Bonchev–Trinajstić information content (AvgIpc) is 2.80. The van der Waals surface area contributed by atoms with Crippen molar-refractivity contribution in [2.75, 3.05) is 14.2 Å². The minimum absolute atomic E-state index is 0.176. The third kappa shape index (κ3) is 4.09. The van der Waals surface area contributed by atoms with E-state index in [-0.39, 0.29) is 11.5 Å². The molecule has 2 aromatic heterocycles. The summed E-state index contributed by atoms with van der Waals surface area (Å²) in [5, 5.41) is 14.6. The number of aromatic nitrogens is 4. The molecule has 0 radical (unpaired) electrons. The van der Waals surface area contributed by atoms with Crippen molar-refractivity contribution in [3.8, 4) is 22.9 Å². The van der Waals surface area contributed by atoms with Crippen LogP contribution in [0.5, 0.6) is 11.5 Å². The fourth-order valence-corrected chi connectivity index (χ4v) is 4.10. The van der Waals surface area contributed by atoms with Crippen molar-refractivity contribution < 1.29 is 14.6 Å². The first-order valence-corrected chi connectivity index (χ1v) is 10.4. The van der Waals surface area contributed by atoms with Gasteiger partial charge in [-0.1, -0.05) is 0 Å². The van der Waals surface area contributed by atoms with Crippen molar-refractivity contribution in [3.63, 3.8) is 0 Å². The Labute approximate surface area is 186 Å². The Morgan fingerprint density at radius 2 is 2.03 bits per heavy atom. The molecule has 1 aromatic carbocycles. The predicted molar refractivity (Wildman–Crippen MR) is 119 cm³/mol. The van der Waals surface area contributed by atoms with Gasteiger partial charge in [0.05, 0.1) is 38.4 Å². The molecule has 9 heteroatoms. The SMILES string of the molecule is COc1ccc(OC)c(C(O)CC2c3nc(-c4ccncn4)cc(=O)n3CNC2(C)C)c1. The molecule has 0 bridgehead atoms. The number of hydrogen-bond acceptors (Lipinski definition) is 8. The number of aliphatic hydroxyl groups is 1. The standard InChI is InChI=1S/C23H27N5O4/c1-23(2)16(10-19(29)15-9-14(31-3)5-6-20(15)32-4)22-27-18(17-7-8-24-12-25-17)11-21(30)28(22)13-26-23/h5-9,11-12,16,19,26,29H,10,13H2,1-4H3. The minimum Gasteiger partial charge on any atom is -0.497 e. The van der Waals surface area contributed by atoms with Crippen LogP contribution in [0.4, 0.5) is 0 Å². The zero-order valence-corrected chi connectivity index (χ0v) is 18.6. The van der Waals surface area contributed by atoms with Crippen LogP contribution >= 0.6 is 0 Å². The summed E-state index contributed by atoms with van der Waals surface area (Å²) in [6, 6.07) is 8.52. The molecule has 2 atom stereocenters. The number of nitrogens with zero attached hydrogens (tertiary/aromatic N) is 4. The lowest BCUT2D eigenvalue weighted by Crippen LogP contribution is -2.53. The number of rotatable bonds is 6. The second kappa shape index (κ2) is 8.68. The minimum atomic E-state index is -0.864. The summed E-state index contributed by atoms with van der Waals surface area (Å²) in [5.41, 5.74) is 1.08. The summed E-state index contributed by atoms with van der Waals surface area (Å²) in [6.45, 7) is 4.42. The van der Waals surface area contributed by atoms with E-state index < -0.39 is 11.6 Å². The Bertz CT molecular complexity index is 1160. The lowest BCUT2D eigenvalue weighted by molar-refractivity contribution is 0.117. The molecule has 0 fully saturated rings. The Morgan fingerprint density at radius 3 is 2.72 bits per heavy atom. The Balaban J connectivity index is 1.77. The molecule has 168 valence electrons. The zero-order chi connectivity index (χ0) is 22.9. The van der Waals surface area contributed by atoms with Gasteiger partial charge in [-0.25, -0.2) is 15.0 Å². The van der Waals surface area contributed by atoms with Gasteiger partial charge in [0.2, 0.25) is 0 Å². The maximum Gasteiger partial charge on any atom is 0.255 e. The Kier molecular flexibility index (Phi) is 5.94. The molecule has 0 saturated carbocycles. The molecule has 32 heavy (non-hydrogen) atoms. The van der Waals surface area contributed by atoms with Gasteiger partial charge in [0.25, 0.3) is 5.56 Å². The second-order valence-electron chi connectivity index (χ2n) is 8.33. The van der Waals surface area contributed by atoms with E-state index >= 15 is 0 Å². The van der Waals surface area contributed by atoms with Crippen molar-refractivity contribution in [1.29, 1.82) is 0 Å². The van der Waals surface area contributed by atoms with E-state index in [1.807, 2.05) is 13.8 Å². The second-order valence-corrected chi connectivity index (χ2v) is 8.33. The van der Waals surface area contributed by atoms with E-state index in [1.54, 1.807) is 49.2 Å². The Hall–Kier alpha value is -3.30. The monoisotopic (exact) mass is 437 g/mol. The fourth-order valence-electron chi connectivity index (χ4n) is 4.10. The normalized spacial score (nSPS) is 18.0. The van der Waals surface area contributed by atoms with E-state index in [0.29, 0.717) is 47.4 Å². The lowest BCUT2D eigenvalue weighted by atomic mass is 9.80. The van der Waals surface area contributed by atoms with Crippen LogP contribution in [0, 0.1) is 0 Å². The number of hydrogen-bond donors (Lipinski definition) is 2. The highest BCUT2D eigenvalue weighted by Crippen LogP contribution is 2.40. The van der Waals surface area contributed by atoms with Crippen molar-refractivity contribution in [2.45, 2.75) is 44.5 Å². The van der Waals surface area contributed by atoms with Gasteiger partial charge >= 0.3 is 0 Å². The van der Waals surface area contributed by atoms with Gasteiger partial charge in [0.1, 0.15) is 23.7 Å². The van der Waals surface area contributed by atoms with Crippen LogP contribution in [0.3, 0.4) is 0 Å². The third-order valence-corrected chi connectivity index (χ3v) is 6.01. The van der Waals surface area contributed by atoms with Crippen LogP contribution in [0.25, 0.3) is 11.4 Å². The first kappa shape index (κ1) is 21.9. The summed E-state index contributed by atoms with van der Waals surface area (Å²) in [7, 11) is 3.14. The van der Waals surface area contributed by atoms with Gasteiger partial charge in [-0.3, -0.25) is 14.7 Å². The summed E-state index contributed by atoms with van der Waals surface area (Å²) < 4.78 is 12.4. The van der Waals surface area contributed by atoms with Crippen LogP contribution in [0.1, 0.15) is 43.7 Å². The van der Waals surface area contributed by atoms with Crippen LogP contribution < -0.4 is 20.3 Å². The maximum absolute atomic E-state index is 12.9. The zero-order valence-electron chi connectivity index (χ0n) is 18.6. The molecular weight excluding hydrogens is 410 g/mol. The van der Waals surface area contributed by atoms with Gasteiger partial charge in [0, 0.05) is 29.3 Å². The summed E-state index contributed by atoms with van der Waals surface area (Å²) in [6.07, 6.45) is 2.50. The highest BCUT2D eigenvalue weighted by atomic mass is 16.5. The van der Waals surface area contributed by atoms with Gasteiger partial charge in [-0.15, -0.1) is 0 Å². The van der Waals surface area contributed by atoms with E-state index in [0.717, 1.165) is 0 Å². The number of benzene rings is 1. The molecule has 0 aliphatic carbocycles. The molecule has 2 N–H and O–H groups in total. The van der Waals surface area contributed by atoms with Crippen LogP contribution in [0.2, 0.25) is 0 Å². The first-order chi connectivity index (χ1) is 15.3. The van der Waals surface area contributed by atoms with Crippen molar-refractivity contribution >= 4 is 0 Å². The van der Waals surface area contributed by atoms with Gasteiger partial charge in [0.15, 0.2) is 0 Å². The van der Waals surface area contributed by atoms with Gasteiger partial charge < -0.3 is 14.6 Å².